The van der Waals surface area contributed by atoms with E-state index in [4.69, 9.17) is 11.6 Å². The van der Waals surface area contributed by atoms with E-state index in [2.05, 4.69) is 42.6 Å². The zero-order chi connectivity index (χ0) is 13.9. The number of halogens is 1. The van der Waals surface area contributed by atoms with Gasteiger partial charge in [-0.15, -0.1) is 11.3 Å². The van der Waals surface area contributed by atoms with Crippen LogP contribution in [0.1, 0.15) is 40.5 Å². The molecule has 0 aliphatic heterocycles. The summed E-state index contributed by atoms with van der Waals surface area (Å²) in [6.07, 6.45) is 4.79. The van der Waals surface area contributed by atoms with Crippen LogP contribution in [0.25, 0.3) is 0 Å². The van der Waals surface area contributed by atoms with Gasteiger partial charge in [-0.2, -0.15) is 0 Å². The van der Waals surface area contributed by atoms with Crippen molar-refractivity contribution in [3.8, 4) is 0 Å². The van der Waals surface area contributed by atoms with Gasteiger partial charge in [0.15, 0.2) is 0 Å². The smallest absolute Gasteiger partial charge is 0.0934 e. The summed E-state index contributed by atoms with van der Waals surface area (Å²) >= 11 is 7.91. The van der Waals surface area contributed by atoms with Gasteiger partial charge in [-0.05, 0) is 61.9 Å². The Labute approximate surface area is 130 Å². The topological polar surface area (TPSA) is 12.0 Å². The molecule has 1 nitrogen and oxygen atoms in total. The van der Waals surface area contributed by atoms with Gasteiger partial charge >= 0.3 is 0 Å². The van der Waals surface area contributed by atoms with Crippen molar-refractivity contribution in [2.75, 3.05) is 6.54 Å². The van der Waals surface area contributed by atoms with Crippen molar-refractivity contribution in [2.45, 2.75) is 38.6 Å². The molecule has 1 aromatic heterocycles. The van der Waals surface area contributed by atoms with Crippen molar-refractivity contribution in [1.82, 2.24) is 5.32 Å². The minimum Gasteiger partial charge on any atom is -0.310 e. The first-order valence-electron chi connectivity index (χ1n) is 7.30. The van der Waals surface area contributed by atoms with E-state index in [1.165, 1.54) is 40.8 Å². The summed E-state index contributed by atoms with van der Waals surface area (Å²) in [5.41, 5.74) is 4.27. The van der Waals surface area contributed by atoms with E-state index in [0.717, 1.165) is 17.3 Å². The minimum atomic E-state index is 0.492. The molecule has 1 atom stereocenters. The Morgan fingerprint density at radius 1 is 1.35 bits per heavy atom. The molecular formula is C17H20ClNS. The van der Waals surface area contributed by atoms with Crippen LogP contribution in [0.2, 0.25) is 4.34 Å². The highest BCUT2D eigenvalue weighted by atomic mass is 35.5. The fourth-order valence-electron chi connectivity index (χ4n) is 3.01. The third-order valence-electron chi connectivity index (χ3n) is 4.13. The molecule has 1 aliphatic rings. The average Bonchev–Trinajstić information content (AvgIpc) is 2.82. The van der Waals surface area contributed by atoms with Crippen LogP contribution in [-0.2, 0) is 12.8 Å². The first kappa shape index (κ1) is 14.1. The second-order valence-electron chi connectivity index (χ2n) is 5.50. The number of hydrogen-bond acceptors (Lipinski definition) is 2. The van der Waals surface area contributed by atoms with Gasteiger partial charge in [-0.25, -0.2) is 0 Å². The van der Waals surface area contributed by atoms with Crippen LogP contribution in [0, 0.1) is 6.92 Å². The molecule has 1 unspecified atom stereocenters. The van der Waals surface area contributed by atoms with Crippen LogP contribution in [0.3, 0.4) is 0 Å². The van der Waals surface area contributed by atoms with E-state index in [-0.39, 0.29) is 0 Å². The third kappa shape index (κ3) is 3.08. The first-order valence-corrected chi connectivity index (χ1v) is 8.49. The quantitative estimate of drug-likeness (QED) is 0.845. The molecule has 1 aromatic carbocycles. The van der Waals surface area contributed by atoms with Crippen molar-refractivity contribution < 1.29 is 0 Å². The van der Waals surface area contributed by atoms with Gasteiger partial charge in [0.25, 0.3) is 0 Å². The average molecular weight is 306 g/mol. The largest absolute Gasteiger partial charge is 0.310 e. The molecular weight excluding hydrogens is 286 g/mol. The lowest BCUT2D eigenvalue weighted by Gasteiger charge is -2.23. The SMILES string of the molecule is Cc1ccccc1CCNC1CCCc2sc(Cl)cc21. The molecule has 0 saturated heterocycles. The Hall–Kier alpha value is -0.830. The molecule has 2 aromatic rings. The van der Waals surface area contributed by atoms with Crippen molar-refractivity contribution in [3.05, 3.63) is 56.2 Å². The highest BCUT2D eigenvalue weighted by molar-refractivity contribution is 7.16. The minimum absolute atomic E-state index is 0.492. The van der Waals surface area contributed by atoms with Gasteiger partial charge in [0.2, 0.25) is 0 Å². The van der Waals surface area contributed by atoms with Crippen molar-refractivity contribution in [1.29, 1.82) is 0 Å². The zero-order valence-corrected chi connectivity index (χ0v) is 13.4. The standard InChI is InChI=1S/C17H20ClNS/c1-12-5-2-3-6-13(12)9-10-19-15-7-4-8-16-14(15)11-17(18)20-16/h2-3,5-6,11,15,19H,4,7-10H2,1H3. The second-order valence-corrected chi connectivity index (χ2v) is 7.27. The van der Waals surface area contributed by atoms with E-state index in [0.29, 0.717) is 6.04 Å². The van der Waals surface area contributed by atoms with Crippen molar-refractivity contribution in [3.63, 3.8) is 0 Å². The number of aryl methyl sites for hydroxylation is 2. The van der Waals surface area contributed by atoms with Crippen LogP contribution in [0.5, 0.6) is 0 Å². The van der Waals surface area contributed by atoms with Crippen LogP contribution in [0.15, 0.2) is 30.3 Å². The summed E-state index contributed by atoms with van der Waals surface area (Å²) in [4.78, 5) is 1.48. The molecule has 0 radical (unpaired) electrons. The number of hydrogen-bond donors (Lipinski definition) is 1. The van der Waals surface area contributed by atoms with Crippen LogP contribution in [-0.4, -0.2) is 6.54 Å². The number of benzene rings is 1. The Kier molecular flexibility index (Phi) is 4.45. The molecule has 0 spiro atoms. The van der Waals surface area contributed by atoms with Gasteiger partial charge in [-0.1, -0.05) is 35.9 Å². The highest BCUT2D eigenvalue weighted by Crippen LogP contribution is 2.37. The lowest BCUT2D eigenvalue weighted by molar-refractivity contribution is 0.467. The maximum absolute atomic E-state index is 6.16. The van der Waals surface area contributed by atoms with E-state index in [1.54, 1.807) is 11.3 Å². The molecule has 0 bridgehead atoms. The molecule has 106 valence electrons. The molecule has 3 rings (SSSR count). The van der Waals surface area contributed by atoms with Gasteiger partial charge < -0.3 is 5.32 Å². The molecule has 1 N–H and O–H groups in total. The molecule has 3 heteroatoms. The number of rotatable bonds is 4. The zero-order valence-electron chi connectivity index (χ0n) is 11.8. The number of fused-ring (bicyclic) bond motifs is 1. The van der Waals surface area contributed by atoms with Crippen molar-refractivity contribution >= 4 is 22.9 Å². The summed E-state index contributed by atoms with van der Waals surface area (Å²) in [7, 11) is 0. The van der Waals surface area contributed by atoms with Crippen LogP contribution in [0.4, 0.5) is 0 Å². The lowest BCUT2D eigenvalue weighted by Crippen LogP contribution is -2.26. The van der Waals surface area contributed by atoms with Crippen molar-refractivity contribution in [2.24, 2.45) is 0 Å². The van der Waals surface area contributed by atoms with E-state index in [9.17, 15) is 0 Å². The van der Waals surface area contributed by atoms with E-state index >= 15 is 0 Å². The predicted molar refractivity (Wildman–Crippen MR) is 87.9 cm³/mol. The molecule has 1 heterocycles. The summed E-state index contributed by atoms with van der Waals surface area (Å²) in [6, 6.07) is 11.3. The normalized spacial score (nSPS) is 18.0. The van der Waals surface area contributed by atoms with Gasteiger partial charge in [0.1, 0.15) is 0 Å². The summed E-state index contributed by atoms with van der Waals surface area (Å²) in [5.74, 6) is 0. The Morgan fingerprint density at radius 2 is 2.20 bits per heavy atom. The van der Waals surface area contributed by atoms with E-state index in [1.807, 2.05) is 0 Å². The molecule has 0 saturated carbocycles. The monoisotopic (exact) mass is 305 g/mol. The summed E-state index contributed by atoms with van der Waals surface area (Å²) < 4.78 is 0.933. The van der Waals surface area contributed by atoms with Gasteiger partial charge in [0.05, 0.1) is 4.34 Å². The molecule has 0 fully saturated rings. The Morgan fingerprint density at radius 3 is 3.05 bits per heavy atom. The second kappa shape index (κ2) is 6.30. The number of thiophene rings is 1. The van der Waals surface area contributed by atoms with E-state index < -0.39 is 0 Å². The summed E-state index contributed by atoms with van der Waals surface area (Å²) in [6.45, 7) is 3.22. The fourth-order valence-corrected chi connectivity index (χ4v) is 4.39. The Bertz CT molecular complexity index is 590. The van der Waals surface area contributed by atoms with Crippen LogP contribution >= 0.6 is 22.9 Å². The first-order chi connectivity index (χ1) is 9.74. The predicted octanol–water partition coefficient (Wildman–Crippen LogP) is 4.92. The lowest BCUT2D eigenvalue weighted by atomic mass is 9.94. The maximum atomic E-state index is 6.16. The number of nitrogens with one attached hydrogen (secondary N) is 1. The maximum Gasteiger partial charge on any atom is 0.0934 e. The molecule has 20 heavy (non-hydrogen) atoms. The molecule has 0 amide bonds. The summed E-state index contributed by atoms with van der Waals surface area (Å²) in [5, 5.41) is 3.71. The van der Waals surface area contributed by atoms with Gasteiger partial charge in [0, 0.05) is 10.9 Å². The van der Waals surface area contributed by atoms with Gasteiger partial charge in [-0.3, -0.25) is 0 Å². The van der Waals surface area contributed by atoms with Crippen LogP contribution < -0.4 is 5.32 Å². The molecule has 1 aliphatic carbocycles. The Balaban J connectivity index is 1.61. The fraction of sp³-hybridized carbons (Fsp3) is 0.412. The third-order valence-corrected chi connectivity index (χ3v) is 5.47. The highest BCUT2D eigenvalue weighted by Gasteiger charge is 2.22.